The molecule has 0 fully saturated rings. The standard InChI is InChI=1S/C16H15FN2S/c1-10(13-4-2-3-7-19-13)16(18)15-8-11-5-6-12(17)9-14(11)20-15/h2-10,16H,18H2,1H3. The highest BCUT2D eigenvalue weighted by atomic mass is 32.1. The minimum absolute atomic E-state index is 0.120. The maximum absolute atomic E-state index is 13.2. The summed E-state index contributed by atoms with van der Waals surface area (Å²) in [4.78, 5) is 5.42. The molecule has 0 bridgehead atoms. The minimum atomic E-state index is -0.211. The molecule has 2 heterocycles. The Morgan fingerprint density at radius 2 is 2.05 bits per heavy atom. The van der Waals surface area contributed by atoms with Crippen LogP contribution in [-0.2, 0) is 0 Å². The molecular weight excluding hydrogens is 271 g/mol. The summed E-state index contributed by atoms with van der Waals surface area (Å²) < 4.78 is 14.2. The number of halogens is 1. The van der Waals surface area contributed by atoms with E-state index in [4.69, 9.17) is 5.73 Å². The van der Waals surface area contributed by atoms with Gasteiger partial charge in [-0.25, -0.2) is 4.39 Å². The van der Waals surface area contributed by atoms with Gasteiger partial charge in [0.15, 0.2) is 0 Å². The molecule has 0 aliphatic rings. The Labute approximate surface area is 121 Å². The van der Waals surface area contributed by atoms with E-state index in [1.54, 1.807) is 29.7 Å². The van der Waals surface area contributed by atoms with Gasteiger partial charge in [-0.1, -0.05) is 19.1 Å². The van der Waals surface area contributed by atoms with Crippen LogP contribution in [0.25, 0.3) is 10.1 Å². The van der Waals surface area contributed by atoms with Crippen LogP contribution in [0.4, 0.5) is 4.39 Å². The van der Waals surface area contributed by atoms with Crippen molar-refractivity contribution in [2.45, 2.75) is 18.9 Å². The van der Waals surface area contributed by atoms with Crippen molar-refractivity contribution in [2.75, 3.05) is 0 Å². The predicted octanol–water partition coefficient (Wildman–Crippen LogP) is 4.24. The van der Waals surface area contributed by atoms with Crippen LogP contribution in [0.2, 0.25) is 0 Å². The minimum Gasteiger partial charge on any atom is -0.323 e. The summed E-state index contributed by atoms with van der Waals surface area (Å²) in [6.45, 7) is 2.07. The molecule has 2 unspecified atom stereocenters. The molecular formula is C16H15FN2S. The van der Waals surface area contributed by atoms with Gasteiger partial charge in [-0.15, -0.1) is 11.3 Å². The molecule has 2 aromatic heterocycles. The molecule has 0 spiro atoms. The number of hydrogen-bond acceptors (Lipinski definition) is 3. The van der Waals surface area contributed by atoms with E-state index in [0.717, 1.165) is 20.7 Å². The van der Waals surface area contributed by atoms with Gasteiger partial charge in [-0.3, -0.25) is 4.98 Å². The van der Waals surface area contributed by atoms with E-state index in [1.165, 1.54) is 6.07 Å². The lowest BCUT2D eigenvalue weighted by atomic mass is 9.97. The van der Waals surface area contributed by atoms with E-state index >= 15 is 0 Å². The molecule has 1 aromatic carbocycles. The van der Waals surface area contributed by atoms with Crippen LogP contribution in [0.1, 0.15) is 29.5 Å². The summed E-state index contributed by atoms with van der Waals surface area (Å²) in [6, 6.07) is 12.6. The van der Waals surface area contributed by atoms with Gasteiger partial charge in [0.1, 0.15) is 5.82 Å². The number of nitrogens with two attached hydrogens (primary N) is 1. The summed E-state index contributed by atoms with van der Waals surface area (Å²) in [5.41, 5.74) is 7.32. The summed E-state index contributed by atoms with van der Waals surface area (Å²) in [7, 11) is 0. The van der Waals surface area contributed by atoms with E-state index in [0.29, 0.717) is 0 Å². The second-order valence-electron chi connectivity index (χ2n) is 4.90. The lowest BCUT2D eigenvalue weighted by Gasteiger charge is -2.17. The molecule has 3 rings (SSSR count). The molecule has 2 N–H and O–H groups in total. The maximum Gasteiger partial charge on any atom is 0.124 e. The summed E-state index contributed by atoms with van der Waals surface area (Å²) in [5.74, 6) is -0.0913. The van der Waals surface area contributed by atoms with Crippen molar-refractivity contribution >= 4 is 21.4 Å². The molecule has 20 heavy (non-hydrogen) atoms. The first-order valence-electron chi connectivity index (χ1n) is 6.50. The number of pyridine rings is 1. The van der Waals surface area contributed by atoms with Gasteiger partial charge in [0.25, 0.3) is 0 Å². The molecule has 0 aliphatic heterocycles. The Balaban J connectivity index is 1.94. The molecule has 0 radical (unpaired) electrons. The SMILES string of the molecule is CC(c1ccccn1)C(N)c1cc2ccc(F)cc2s1. The third-order valence-corrected chi connectivity index (χ3v) is 4.72. The van der Waals surface area contributed by atoms with Crippen LogP contribution in [0.5, 0.6) is 0 Å². The Hall–Kier alpha value is -1.78. The van der Waals surface area contributed by atoms with Crippen molar-refractivity contribution in [3.63, 3.8) is 0 Å². The number of nitrogens with zero attached hydrogens (tertiary/aromatic N) is 1. The Morgan fingerprint density at radius 1 is 1.20 bits per heavy atom. The van der Waals surface area contributed by atoms with E-state index in [9.17, 15) is 4.39 Å². The largest absolute Gasteiger partial charge is 0.323 e. The third kappa shape index (κ3) is 2.44. The molecule has 0 aliphatic carbocycles. The number of rotatable bonds is 3. The highest BCUT2D eigenvalue weighted by Crippen LogP contribution is 2.35. The number of fused-ring (bicyclic) bond motifs is 1. The molecule has 3 aromatic rings. The number of hydrogen-bond donors (Lipinski definition) is 1. The average Bonchev–Trinajstić information content (AvgIpc) is 2.89. The fourth-order valence-electron chi connectivity index (χ4n) is 2.27. The van der Waals surface area contributed by atoms with Crippen molar-refractivity contribution in [3.05, 3.63) is 65.0 Å². The van der Waals surface area contributed by atoms with Gasteiger partial charge >= 0.3 is 0 Å². The summed E-state index contributed by atoms with van der Waals surface area (Å²) in [5, 5.41) is 1.04. The Bertz CT molecular complexity index is 724. The molecule has 4 heteroatoms. The topological polar surface area (TPSA) is 38.9 Å². The zero-order valence-electron chi connectivity index (χ0n) is 11.1. The zero-order valence-corrected chi connectivity index (χ0v) is 11.9. The fourth-order valence-corrected chi connectivity index (χ4v) is 3.46. The van der Waals surface area contributed by atoms with Crippen molar-refractivity contribution < 1.29 is 4.39 Å². The first-order valence-corrected chi connectivity index (χ1v) is 7.32. The van der Waals surface area contributed by atoms with Gasteiger partial charge in [0.05, 0.1) is 0 Å². The van der Waals surface area contributed by atoms with Crippen LogP contribution in [0, 0.1) is 5.82 Å². The molecule has 0 saturated carbocycles. The number of thiophene rings is 1. The van der Waals surface area contributed by atoms with Gasteiger partial charge in [0.2, 0.25) is 0 Å². The highest BCUT2D eigenvalue weighted by molar-refractivity contribution is 7.19. The van der Waals surface area contributed by atoms with Gasteiger partial charge in [-0.05, 0) is 35.7 Å². The van der Waals surface area contributed by atoms with E-state index < -0.39 is 0 Å². The normalized spacial score (nSPS) is 14.3. The maximum atomic E-state index is 13.2. The second-order valence-corrected chi connectivity index (χ2v) is 6.02. The Kier molecular flexibility index (Phi) is 3.51. The first-order chi connectivity index (χ1) is 9.65. The first kappa shape index (κ1) is 13.2. The zero-order chi connectivity index (χ0) is 14.1. The van der Waals surface area contributed by atoms with Gasteiger partial charge < -0.3 is 5.73 Å². The molecule has 102 valence electrons. The smallest absolute Gasteiger partial charge is 0.124 e. The predicted molar refractivity (Wildman–Crippen MR) is 81.4 cm³/mol. The number of benzene rings is 1. The summed E-state index contributed by atoms with van der Waals surface area (Å²) in [6.07, 6.45) is 1.78. The van der Waals surface area contributed by atoms with Crippen LogP contribution in [-0.4, -0.2) is 4.98 Å². The summed E-state index contributed by atoms with van der Waals surface area (Å²) >= 11 is 1.55. The lowest BCUT2D eigenvalue weighted by molar-refractivity contribution is 0.593. The fraction of sp³-hybridized carbons (Fsp3) is 0.188. The third-order valence-electron chi connectivity index (χ3n) is 3.52. The van der Waals surface area contributed by atoms with Gasteiger partial charge in [0, 0.05) is 33.4 Å². The van der Waals surface area contributed by atoms with E-state index in [2.05, 4.69) is 11.9 Å². The second kappa shape index (κ2) is 5.31. The van der Waals surface area contributed by atoms with E-state index in [1.807, 2.05) is 24.3 Å². The lowest BCUT2D eigenvalue weighted by Crippen LogP contribution is -2.17. The monoisotopic (exact) mass is 286 g/mol. The molecule has 0 saturated heterocycles. The Morgan fingerprint density at radius 3 is 2.80 bits per heavy atom. The molecule has 0 amide bonds. The van der Waals surface area contributed by atoms with Crippen LogP contribution >= 0.6 is 11.3 Å². The van der Waals surface area contributed by atoms with Crippen molar-refractivity contribution in [1.82, 2.24) is 4.98 Å². The highest BCUT2D eigenvalue weighted by Gasteiger charge is 2.19. The van der Waals surface area contributed by atoms with E-state index in [-0.39, 0.29) is 17.8 Å². The molecule has 2 nitrogen and oxygen atoms in total. The average molecular weight is 286 g/mol. The quantitative estimate of drug-likeness (QED) is 0.782. The van der Waals surface area contributed by atoms with Crippen molar-refractivity contribution in [2.24, 2.45) is 5.73 Å². The molecule has 2 atom stereocenters. The van der Waals surface area contributed by atoms with Crippen LogP contribution in [0.3, 0.4) is 0 Å². The van der Waals surface area contributed by atoms with Crippen molar-refractivity contribution in [3.8, 4) is 0 Å². The van der Waals surface area contributed by atoms with Crippen LogP contribution < -0.4 is 5.73 Å². The number of aromatic nitrogens is 1. The van der Waals surface area contributed by atoms with Gasteiger partial charge in [-0.2, -0.15) is 0 Å². The van der Waals surface area contributed by atoms with Crippen LogP contribution in [0.15, 0.2) is 48.7 Å². The van der Waals surface area contributed by atoms with Crippen molar-refractivity contribution in [1.29, 1.82) is 0 Å².